The van der Waals surface area contributed by atoms with Crippen LogP contribution in [0.3, 0.4) is 0 Å². The highest BCUT2D eigenvalue weighted by Gasteiger charge is 2.32. The zero-order valence-electron chi connectivity index (χ0n) is 14.5. The first-order valence-corrected chi connectivity index (χ1v) is 8.88. The Hall–Kier alpha value is -1.82. The third-order valence-electron chi connectivity index (χ3n) is 4.36. The molecule has 130 valence electrons. The molecule has 0 atom stereocenters. The molecule has 6 heteroatoms. The van der Waals surface area contributed by atoms with Gasteiger partial charge in [0, 0.05) is 19.1 Å². The number of thiocarbonyl (C=S) groups is 1. The van der Waals surface area contributed by atoms with Gasteiger partial charge in [-0.15, -0.1) is 0 Å². The second-order valence-corrected chi connectivity index (χ2v) is 7.88. The van der Waals surface area contributed by atoms with E-state index >= 15 is 0 Å². The minimum absolute atomic E-state index is 0.211. The number of amides is 1. The molecule has 1 aromatic carbocycles. The van der Waals surface area contributed by atoms with E-state index in [4.69, 9.17) is 17.0 Å². The number of ether oxygens (including phenoxy) is 1. The number of nitrogens with zero attached hydrogens (tertiary/aromatic N) is 2. The van der Waals surface area contributed by atoms with Gasteiger partial charge in [-0.1, -0.05) is 24.4 Å². The Morgan fingerprint density at radius 3 is 2.58 bits per heavy atom. The predicted molar refractivity (Wildman–Crippen MR) is 101 cm³/mol. The van der Waals surface area contributed by atoms with Crippen LogP contribution in [-0.2, 0) is 4.74 Å². The quantitative estimate of drug-likeness (QED) is 0.786. The molecule has 0 bridgehead atoms. The number of anilines is 2. The van der Waals surface area contributed by atoms with Gasteiger partial charge in [-0.05, 0) is 45.7 Å². The van der Waals surface area contributed by atoms with Crippen LogP contribution < -0.4 is 10.2 Å². The third kappa shape index (κ3) is 3.80. The molecule has 0 aromatic heterocycles. The summed E-state index contributed by atoms with van der Waals surface area (Å²) in [6, 6.07) is 8.65. The first kappa shape index (κ1) is 17.0. The number of piperidine rings is 1. The number of hydrogen-bond donors (Lipinski definition) is 1. The number of likely N-dealkylation sites (tertiary alicyclic amines) is 1. The summed E-state index contributed by atoms with van der Waals surface area (Å²) in [5.41, 5.74) is 1.82. The molecule has 0 radical (unpaired) electrons. The van der Waals surface area contributed by atoms with Crippen molar-refractivity contribution in [3.63, 3.8) is 0 Å². The van der Waals surface area contributed by atoms with Gasteiger partial charge in [-0.25, -0.2) is 4.79 Å². The lowest BCUT2D eigenvalue weighted by Crippen LogP contribution is -2.51. The average Bonchev–Trinajstić information content (AvgIpc) is 2.52. The molecular weight excluding hydrogens is 322 g/mol. The van der Waals surface area contributed by atoms with Crippen LogP contribution in [0.1, 0.15) is 33.6 Å². The lowest BCUT2D eigenvalue weighted by atomic mass is 10.0. The van der Waals surface area contributed by atoms with E-state index in [2.05, 4.69) is 28.4 Å². The third-order valence-corrected chi connectivity index (χ3v) is 4.59. The number of nitrogens with one attached hydrogen (secondary N) is 1. The van der Waals surface area contributed by atoms with E-state index in [9.17, 15) is 4.79 Å². The summed E-state index contributed by atoms with van der Waals surface area (Å²) in [6.45, 7) is 7.88. The maximum Gasteiger partial charge on any atom is 0.410 e. The Morgan fingerprint density at radius 2 is 1.92 bits per heavy atom. The van der Waals surface area contributed by atoms with Crippen molar-refractivity contribution in [2.45, 2.75) is 45.3 Å². The number of carbonyl (C=O) groups excluding carboxylic acids is 1. The van der Waals surface area contributed by atoms with Crippen molar-refractivity contribution in [1.82, 2.24) is 4.90 Å². The first-order valence-electron chi connectivity index (χ1n) is 8.47. The van der Waals surface area contributed by atoms with Crippen molar-refractivity contribution in [1.29, 1.82) is 0 Å². The van der Waals surface area contributed by atoms with Crippen LogP contribution in [0.4, 0.5) is 16.2 Å². The van der Waals surface area contributed by atoms with E-state index in [1.165, 1.54) is 5.69 Å². The summed E-state index contributed by atoms with van der Waals surface area (Å²) < 4.78 is 5.47. The number of hydrogen-bond acceptors (Lipinski definition) is 4. The fourth-order valence-electron chi connectivity index (χ4n) is 3.27. The standard InChI is InChI=1S/C18H25N3O2S/c1-18(2,3)23-17(22)20-10-8-13(9-11-20)21-12-16(24)19-14-6-4-5-7-15(14)21/h4-7,13H,8-12H2,1-3H3,(H,19,24). The Morgan fingerprint density at radius 1 is 1.25 bits per heavy atom. The van der Waals surface area contributed by atoms with E-state index in [-0.39, 0.29) is 6.09 Å². The Bertz CT molecular complexity index is 633. The van der Waals surface area contributed by atoms with Gasteiger partial charge in [0.05, 0.1) is 22.9 Å². The summed E-state index contributed by atoms with van der Waals surface area (Å²) in [6.07, 6.45) is 1.64. The molecule has 0 aliphatic carbocycles. The van der Waals surface area contributed by atoms with E-state index in [1.54, 1.807) is 0 Å². The minimum atomic E-state index is -0.447. The van der Waals surface area contributed by atoms with Crippen molar-refractivity contribution >= 4 is 34.7 Å². The molecule has 1 N–H and O–H groups in total. The maximum atomic E-state index is 12.2. The molecular formula is C18H25N3O2S. The van der Waals surface area contributed by atoms with Gasteiger partial charge in [0.15, 0.2) is 0 Å². The summed E-state index contributed by atoms with van der Waals surface area (Å²) in [5.74, 6) is 0. The van der Waals surface area contributed by atoms with Gasteiger partial charge in [-0.2, -0.15) is 0 Å². The fourth-order valence-corrected chi connectivity index (χ4v) is 3.52. The number of fused-ring (bicyclic) bond motifs is 1. The number of rotatable bonds is 1. The lowest BCUT2D eigenvalue weighted by Gasteiger charge is -2.42. The van der Waals surface area contributed by atoms with Crippen LogP contribution in [0.2, 0.25) is 0 Å². The fraction of sp³-hybridized carbons (Fsp3) is 0.556. The lowest BCUT2D eigenvalue weighted by molar-refractivity contribution is 0.0205. The van der Waals surface area contributed by atoms with Gasteiger partial charge >= 0.3 is 6.09 Å². The summed E-state index contributed by atoms with van der Waals surface area (Å²) in [7, 11) is 0. The Labute approximate surface area is 149 Å². The van der Waals surface area contributed by atoms with Crippen LogP contribution in [-0.4, -0.2) is 47.3 Å². The molecule has 0 unspecified atom stereocenters. The highest BCUT2D eigenvalue weighted by Crippen LogP contribution is 2.33. The second-order valence-electron chi connectivity index (χ2n) is 7.39. The highest BCUT2D eigenvalue weighted by molar-refractivity contribution is 7.80. The number of para-hydroxylation sites is 2. The topological polar surface area (TPSA) is 44.8 Å². The van der Waals surface area contributed by atoms with Crippen molar-refractivity contribution in [2.24, 2.45) is 0 Å². The van der Waals surface area contributed by atoms with Crippen molar-refractivity contribution < 1.29 is 9.53 Å². The largest absolute Gasteiger partial charge is 0.444 e. The molecule has 0 spiro atoms. The summed E-state index contributed by atoms with van der Waals surface area (Å²) >= 11 is 5.42. The zero-order valence-corrected chi connectivity index (χ0v) is 15.4. The predicted octanol–water partition coefficient (Wildman–Crippen LogP) is 3.65. The zero-order chi connectivity index (χ0) is 17.3. The van der Waals surface area contributed by atoms with Crippen molar-refractivity contribution in [3.05, 3.63) is 24.3 Å². The smallest absolute Gasteiger partial charge is 0.410 e. The molecule has 0 saturated carbocycles. The van der Waals surface area contributed by atoms with Gasteiger partial charge in [-0.3, -0.25) is 0 Å². The molecule has 3 rings (SSSR count). The van der Waals surface area contributed by atoms with Gasteiger partial charge < -0.3 is 19.9 Å². The molecule has 2 aliphatic heterocycles. The van der Waals surface area contributed by atoms with Crippen LogP contribution in [0, 0.1) is 0 Å². The molecule has 1 saturated heterocycles. The van der Waals surface area contributed by atoms with Crippen LogP contribution in [0.25, 0.3) is 0 Å². The minimum Gasteiger partial charge on any atom is -0.444 e. The molecule has 2 heterocycles. The molecule has 1 fully saturated rings. The first-order chi connectivity index (χ1) is 11.3. The van der Waals surface area contributed by atoms with Crippen LogP contribution in [0.15, 0.2) is 24.3 Å². The molecule has 24 heavy (non-hydrogen) atoms. The Balaban J connectivity index is 1.65. The SMILES string of the molecule is CC(C)(C)OC(=O)N1CCC(N2CC(=S)Nc3ccccc32)CC1. The van der Waals surface area contributed by atoms with Crippen LogP contribution >= 0.6 is 12.2 Å². The molecule has 2 aliphatic rings. The Kier molecular flexibility index (Phi) is 4.67. The molecule has 1 amide bonds. The van der Waals surface area contributed by atoms with Crippen molar-refractivity contribution in [2.75, 3.05) is 29.9 Å². The molecule has 1 aromatic rings. The van der Waals surface area contributed by atoms with Crippen LogP contribution in [0.5, 0.6) is 0 Å². The van der Waals surface area contributed by atoms with E-state index in [0.29, 0.717) is 6.04 Å². The monoisotopic (exact) mass is 347 g/mol. The number of benzene rings is 1. The normalized spacial score (nSPS) is 18.9. The van der Waals surface area contributed by atoms with E-state index in [0.717, 1.165) is 43.2 Å². The highest BCUT2D eigenvalue weighted by atomic mass is 32.1. The maximum absolute atomic E-state index is 12.2. The summed E-state index contributed by atoms with van der Waals surface area (Å²) in [4.78, 5) is 17.2. The van der Waals surface area contributed by atoms with Crippen molar-refractivity contribution in [3.8, 4) is 0 Å². The number of carbonyl (C=O) groups is 1. The second kappa shape index (κ2) is 6.59. The van der Waals surface area contributed by atoms with E-state index in [1.807, 2.05) is 31.7 Å². The van der Waals surface area contributed by atoms with Gasteiger partial charge in [0.2, 0.25) is 0 Å². The van der Waals surface area contributed by atoms with Gasteiger partial charge in [0.1, 0.15) is 5.60 Å². The summed E-state index contributed by atoms with van der Waals surface area (Å²) in [5, 5.41) is 3.29. The van der Waals surface area contributed by atoms with E-state index < -0.39 is 5.60 Å². The average molecular weight is 347 g/mol. The van der Waals surface area contributed by atoms with Gasteiger partial charge in [0.25, 0.3) is 0 Å². The molecule has 5 nitrogen and oxygen atoms in total.